The molecule has 4 heteroatoms. The minimum atomic E-state index is -1.00. The number of carbonyl (C=O) groups is 1. The Morgan fingerprint density at radius 1 is 0.963 bits per heavy atom. The maximum atomic E-state index is 11.8. The Balaban J connectivity index is 1.85. The van der Waals surface area contributed by atoms with Gasteiger partial charge < -0.3 is 9.84 Å². The predicted octanol–water partition coefficient (Wildman–Crippen LogP) is 5.59. The van der Waals surface area contributed by atoms with E-state index < -0.39 is 5.97 Å². The first kappa shape index (κ1) is 18.7. The quantitative estimate of drug-likeness (QED) is 0.430. The third-order valence-electron chi connectivity index (χ3n) is 4.08. The number of carboxylic acid groups (broad SMARTS) is 1. The zero-order valence-electron chi connectivity index (χ0n) is 14.6. The highest BCUT2D eigenvalue weighted by Gasteiger charge is 2.12. The van der Waals surface area contributed by atoms with E-state index >= 15 is 0 Å². The fraction of sp³-hybridized carbons (Fsp3) is 0.0870. The second kappa shape index (κ2) is 9.06. The van der Waals surface area contributed by atoms with Crippen LogP contribution in [0, 0.1) is 0 Å². The third kappa shape index (κ3) is 5.22. The molecule has 0 unspecified atom stereocenters. The van der Waals surface area contributed by atoms with E-state index in [1.54, 1.807) is 48.5 Å². The molecule has 0 aliphatic carbocycles. The zero-order chi connectivity index (χ0) is 19.1. The molecule has 0 atom stereocenters. The van der Waals surface area contributed by atoms with Crippen molar-refractivity contribution in [3.8, 4) is 5.75 Å². The van der Waals surface area contributed by atoms with Crippen molar-refractivity contribution in [1.82, 2.24) is 0 Å². The van der Waals surface area contributed by atoms with E-state index in [0.29, 0.717) is 28.5 Å². The molecule has 136 valence electrons. The molecule has 0 heterocycles. The van der Waals surface area contributed by atoms with Crippen LogP contribution in [0.3, 0.4) is 0 Å². The Bertz CT molecular complexity index is 934. The largest absolute Gasteiger partial charge is 0.493 e. The molecule has 0 radical (unpaired) electrons. The lowest BCUT2D eigenvalue weighted by Gasteiger charge is -2.11. The number of hydrogen-bond donors (Lipinski definition) is 1. The molecule has 0 aliphatic rings. The van der Waals surface area contributed by atoms with E-state index in [9.17, 15) is 9.90 Å². The topological polar surface area (TPSA) is 46.5 Å². The van der Waals surface area contributed by atoms with Crippen molar-refractivity contribution in [2.75, 3.05) is 6.61 Å². The van der Waals surface area contributed by atoms with Gasteiger partial charge in [-0.05, 0) is 35.4 Å². The summed E-state index contributed by atoms with van der Waals surface area (Å²) in [6.07, 6.45) is 2.36. The summed E-state index contributed by atoms with van der Waals surface area (Å²) in [5.74, 6) is -0.401. The van der Waals surface area contributed by atoms with Crippen LogP contribution in [-0.4, -0.2) is 17.7 Å². The van der Waals surface area contributed by atoms with Gasteiger partial charge in [0, 0.05) is 17.0 Å². The average Bonchev–Trinajstić information content (AvgIpc) is 2.69. The second-order valence-electron chi connectivity index (χ2n) is 6.00. The smallest absolute Gasteiger partial charge is 0.336 e. The van der Waals surface area contributed by atoms with Crippen LogP contribution in [-0.2, 0) is 11.2 Å². The minimum absolute atomic E-state index is 0.186. The van der Waals surface area contributed by atoms with Crippen molar-refractivity contribution in [3.63, 3.8) is 0 Å². The van der Waals surface area contributed by atoms with Gasteiger partial charge in [-0.2, -0.15) is 0 Å². The predicted molar refractivity (Wildman–Crippen MR) is 109 cm³/mol. The Morgan fingerprint density at radius 2 is 1.63 bits per heavy atom. The fourth-order valence-electron chi connectivity index (χ4n) is 2.73. The van der Waals surface area contributed by atoms with Crippen LogP contribution in [0.1, 0.15) is 16.7 Å². The third-order valence-corrected chi connectivity index (χ3v) is 4.31. The van der Waals surface area contributed by atoms with Crippen molar-refractivity contribution in [2.24, 2.45) is 0 Å². The molecular formula is C23H19ClO3. The number of carboxylic acids is 1. The summed E-state index contributed by atoms with van der Waals surface area (Å²) in [6.45, 7) is 0.486. The molecule has 0 saturated heterocycles. The van der Waals surface area contributed by atoms with Crippen LogP contribution >= 0.6 is 11.6 Å². The summed E-state index contributed by atoms with van der Waals surface area (Å²) >= 11 is 6.12. The first-order valence-corrected chi connectivity index (χ1v) is 8.98. The number of halogens is 1. The normalized spacial score (nSPS) is 11.2. The number of rotatable bonds is 7. The Hall–Kier alpha value is -3.04. The lowest BCUT2D eigenvalue weighted by molar-refractivity contribution is -0.130. The highest BCUT2D eigenvalue weighted by atomic mass is 35.5. The molecule has 0 spiro atoms. The number of benzene rings is 3. The van der Waals surface area contributed by atoms with Gasteiger partial charge in [-0.3, -0.25) is 0 Å². The van der Waals surface area contributed by atoms with Gasteiger partial charge in [0.05, 0.1) is 12.2 Å². The van der Waals surface area contributed by atoms with Crippen molar-refractivity contribution in [3.05, 3.63) is 101 Å². The van der Waals surface area contributed by atoms with Crippen molar-refractivity contribution < 1.29 is 14.6 Å². The van der Waals surface area contributed by atoms with Crippen LogP contribution in [0.2, 0.25) is 5.02 Å². The Kier molecular flexibility index (Phi) is 6.29. The molecule has 27 heavy (non-hydrogen) atoms. The van der Waals surface area contributed by atoms with Crippen LogP contribution in [0.4, 0.5) is 0 Å². The molecule has 0 aliphatic heterocycles. The van der Waals surface area contributed by atoms with Gasteiger partial charge in [-0.1, -0.05) is 72.3 Å². The highest BCUT2D eigenvalue weighted by Crippen LogP contribution is 2.28. The maximum Gasteiger partial charge on any atom is 0.336 e. The maximum absolute atomic E-state index is 11.8. The van der Waals surface area contributed by atoms with Crippen LogP contribution in [0.25, 0.3) is 11.6 Å². The number of aliphatic carboxylic acids is 1. The number of ether oxygens (including phenoxy) is 1. The monoisotopic (exact) mass is 378 g/mol. The first-order chi connectivity index (χ1) is 13.1. The number of hydrogen-bond acceptors (Lipinski definition) is 2. The molecule has 0 amide bonds. The first-order valence-electron chi connectivity index (χ1n) is 8.60. The standard InChI is InChI=1S/C23H19ClO3/c24-20-11-12-22(27-14-13-17-7-3-1-4-8-17)19(15-20)16-21(23(25)26)18-9-5-2-6-10-18/h1-12,15-16H,13-14H2,(H,25,26)/b21-16-. The summed E-state index contributed by atoms with van der Waals surface area (Å²) in [7, 11) is 0. The SMILES string of the molecule is O=C(O)/C(=C\c1cc(Cl)ccc1OCCc1ccccc1)c1ccccc1. The Morgan fingerprint density at radius 3 is 2.30 bits per heavy atom. The van der Waals surface area contributed by atoms with Gasteiger partial charge in [0.2, 0.25) is 0 Å². The van der Waals surface area contributed by atoms with E-state index in [-0.39, 0.29) is 5.57 Å². The molecule has 3 nitrogen and oxygen atoms in total. The summed E-state index contributed by atoms with van der Waals surface area (Å²) < 4.78 is 5.92. The molecule has 3 rings (SSSR count). The van der Waals surface area contributed by atoms with E-state index in [1.165, 1.54) is 5.56 Å². The van der Waals surface area contributed by atoms with E-state index in [1.807, 2.05) is 36.4 Å². The summed E-state index contributed by atoms with van der Waals surface area (Å²) in [4.78, 5) is 11.8. The summed E-state index contributed by atoms with van der Waals surface area (Å²) in [5.41, 5.74) is 2.63. The molecule has 0 bridgehead atoms. The zero-order valence-corrected chi connectivity index (χ0v) is 15.4. The molecule has 3 aromatic carbocycles. The van der Waals surface area contributed by atoms with Crippen molar-refractivity contribution in [2.45, 2.75) is 6.42 Å². The van der Waals surface area contributed by atoms with Gasteiger partial charge in [-0.15, -0.1) is 0 Å². The molecular weight excluding hydrogens is 360 g/mol. The molecule has 0 aromatic heterocycles. The van der Waals surface area contributed by atoms with Crippen LogP contribution < -0.4 is 4.74 Å². The molecule has 0 fully saturated rings. The highest BCUT2D eigenvalue weighted by molar-refractivity contribution is 6.31. The van der Waals surface area contributed by atoms with Gasteiger partial charge in [-0.25, -0.2) is 4.79 Å². The molecule has 3 aromatic rings. The van der Waals surface area contributed by atoms with Crippen molar-refractivity contribution in [1.29, 1.82) is 0 Å². The second-order valence-corrected chi connectivity index (χ2v) is 6.43. The van der Waals surface area contributed by atoms with E-state index in [4.69, 9.17) is 16.3 Å². The average molecular weight is 379 g/mol. The van der Waals surface area contributed by atoms with Gasteiger partial charge >= 0.3 is 5.97 Å². The van der Waals surface area contributed by atoms with Crippen LogP contribution in [0.5, 0.6) is 5.75 Å². The summed E-state index contributed by atoms with van der Waals surface area (Å²) in [5, 5.41) is 10.2. The van der Waals surface area contributed by atoms with E-state index in [0.717, 1.165) is 6.42 Å². The lowest BCUT2D eigenvalue weighted by atomic mass is 10.0. The van der Waals surface area contributed by atoms with Gasteiger partial charge in [0.1, 0.15) is 5.75 Å². The molecule has 1 N–H and O–H groups in total. The van der Waals surface area contributed by atoms with E-state index in [2.05, 4.69) is 0 Å². The van der Waals surface area contributed by atoms with Crippen LogP contribution in [0.15, 0.2) is 78.9 Å². The summed E-state index contributed by atoms with van der Waals surface area (Å²) in [6, 6.07) is 24.3. The van der Waals surface area contributed by atoms with Gasteiger partial charge in [0.25, 0.3) is 0 Å². The van der Waals surface area contributed by atoms with Gasteiger partial charge in [0.15, 0.2) is 0 Å². The fourth-order valence-corrected chi connectivity index (χ4v) is 2.91. The minimum Gasteiger partial charge on any atom is -0.493 e. The van der Waals surface area contributed by atoms with Crippen molar-refractivity contribution >= 4 is 29.2 Å². The Labute approximate surface area is 163 Å². The lowest BCUT2D eigenvalue weighted by Crippen LogP contribution is -2.03. The molecule has 0 saturated carbocycles.